The van der Waals surface area contributed by atoms with Crippen molar-refractivity contribution in [2.45, 2.75) is 23.8 Å². The predicted molar refractivity (Wildman–Crippen MR) is 182 cm³/mol. The summed E-state index contributed by atoms with van der Waals surface area (Å²) in [6, 6.07) is 44.2. The number of para-hydroxylation sites is 1. The van der Waals surface area contributed by atoms with Crippen molar-refractivity contribution in [2.75, 3.05) is 10.8 Å². The van der Waals surface area contributed by atoms with E-state index in [2.05, 4.69) is 6.58 Å². The van der Waals surface area contributed by atoms with Crippen LogP contribution in [0.3, 0.4) is 0 Å². The van der Waals surface area contributed by atoms with Crippen molar-refractivity contribution >= 4 is 32.4 Å². The predicted octanol–water partition coefficient (Wildman–Crippen LogP) is 8.54. The average molecular weight is 609 g/mol. The molecule has 1 aromatic heterocycles. The van der Waals surface area contributed by atoms with Crippen LogP contribution in [0.15, 0.2) is 166 Å². The van der Waals surface area contributed by atoms with Gasteiger partial charge in [0.25, 0.3) is 10.0 Å². The van der Waals surface area contributed by atoms with E-state index in [0.29, 0.717) is 22.6 Å². The monoisotopic (exact) mass is 608 g/mol. The van der Waals surface area contributed by atoms with Gasteiger partial charge in [0.15, 0.2) is 0 Å². The highest BCUT2D eigenvalue weighted by molar-refractivity contribution is 7.92. The zero-order valence-electron chi connectivity index (χ0n) is 24.9. The van der Waals surface area contributed by atoms with Gasteiger partial charge in [-0.3, -0.25) is 9.30 Å². The van der Waals surface area contributed by atoms with Crippen LogP contribution < -0.4 is 4.31 Å². The first-order valence-corrected chi connectivity index (χ1v) is 16.4. The van der Waals surface area contributed by atoms with E-state index < -0.39 is 22.0 Å². The summed E-state index contributed by atoms with van der Waals surface area (Å²) >= 11 is 0. The van der Waals surface area contributed by atoms with Gasteiger partial charge in [0.05, 0.1) is 29.1 Å². The Morgan fingerprint density at radius 1 is 0.756 bits per heavy atom. The molecule has 0 spiro atoms. The SMILES string of the molecule is C=C1CN(S(=O)(=O)c2ccc(C)cc2)c2c(oc3ccccc23)[C@@H](c2ccccc2)C1N=C(c1ccccc1)c1ccccc1. The molecule has 6 heteroatoms. The lowest BCUT2D eigenvalue weighted by Gasteiger charge is -2.25. The van der Waals surface area contributed by atoms with Crippen LogP contribution in [0.2, 0.25) is 0 Å². The molecule has 1 unspecified atom stereocenters. The van der Waals surface area contributed by atoms with Gasteiger partial charge in [-0.25, -0.2) is 8.42 Å². The minimum atomic E-state index is -4.01. The van der Waals surface area contributed by atoms with E-state index in [0.717, 1.165) is 33.4 Å². The molecule has 0 aliphatic carbocycles. The molecule has 0 radical (unpaired) electrons. The fourth-order valence-corrected chi connectivity index (χ4v) is 7.60. The van der Waals surface area contributed by atoms with Gasteiger partial charge in [-0.15, -0.1) is 0 Å². The molecule has 0 amide bonds. The van der Waals surface area contributed by atoms with Crippen molar-refractivity contribution in [1.29, 1.82) is 0 Å². The van der Waals surface area contributed by atoms with Crippen molar-refractivity contribution in [3.63, 3.8) is 0 Å². The number of sulfonamides is 1. The molecule has 0 bridgehead atoms. The second-order valence-electron chi connectivity index (χ2n) is 11.3. The third-order valence-electron chi connectivity index (χ3n) is 8.34. The van der Waals surface area contributed by atoms with Crippen molar-refractivity contribution in [2.24, 2.45) is 4.99 Å². The van der Waals surface area contributed by atoms with Crippen LogP contribution in [0.25, 0.3) is 11.0 Å². The Hall–Kier alpha value is -5.20. The summed E-state index contributed by atoms with van der Waals surface area (Å²) in [6.07, 6.45) is 0. The number of rotatable bonds is 6. The molecule has 45 heavy (non-hydrogen) atoms. The molecule has 0 saturated heterocycles. The van der Waals surface area contributed by atoms with Crippen LogP contribution in [0.4, 0.5) is 5.69 Å². The smallest absolute Gasteiger partial charge is 0.264 e. The molecule has 2 heterocycles. The largest absolute Gasteiger partial charge is 0.458 e. The first kappa shape index (κ1) is 28.6. The molecule has 1 aliphatic rings. The summed E-state index contributed by atoms with van der Waals surface area (Å²) in [6.45, 7) is 6.51. The lowest BCUT2D eigenvalue weighted by atomic mass is 9.85. The van der Waals surface area contributed by atoms with E-state index in [-0.39, 0.29) is 11.4 Å². The maximum Gasteiger partial charge on any atom is 0.264 e. The number of aryl methyl sites for hydroxylation is 1. The van der Waals surface area contributed by atoms with Gasteiger partial charge >= 0.3 is 0 Å². The summed E-state index contributed by atoms with van der Waals surface area (Å²) in [5.74, 6) is 0.104. The molecule has 5 aromatic carbocycles. The zero-order chi connectivity index (χ0) is 31.0. The molecule has 2 atom stereocenters. The highest BCUT2D eigenvalue weighted by atomic mass is 32.2. The van der Waals surface area contributed by atoms with E-state index in [1.807, 2.05) is 134 Å². The highest BCUT2D eigenvalue weighted by Gasteiger charge is 2.42. The van der Waals surface area contributed by atoms with Crippen LogP contribution >= 0.6 is 0 Å². The van der Waals surface area contributed by atoms with Crippen LogP contribution in [0.1, 0.15) is 33.9 Å². The zero-order valence-corrected chi connectivity index (χ0v) is 25.7. The number of nitrogens with zero attached hydrogens (tertiary/aromatic N) is 2. The minimum Gasteiger partial charge on any atom is -0.458 e. The van der Waals surface area contributed by atoms with Crippen molar-refractivity contribution in [1.82, 2.24) is 0 Å². The summed E-state index contributed by atoms with van der Waals surface area (Å²) in [7, 11) is -4.01. The Morgan fingerprint density at radius 2 is 1.31 bits per heavy atom. The first-order valence-electron chi connectivity index (χ1n) is 14.9. The maximum absolute atomic E-state index is 14.5. The molecular formula is C39H32N2O3S. The number of hydrogen-bond acceptors (Lipinski definition) is 4. The summed E-state index contributed by atoms with van der Waals surface area (Å²) in [4.78, 5) is 5.69. The summed E-state index contributed by atoms with van der Waals surface area (Å²) in [5.41, 5.74) is 6.48. The molecule has 0 saturated carbocycles. The molecule has 1 aliphatic heterocycles. The normalized spacial score (nSPS) is 16.6. The Labute approximate surface area is 263 Å². The molecule has 5 nitrogen and oxygen atoms in total. The number of fused-ring (bicyclic) bond motifs is 3. The Morgan fingerprint density at radius 3 is 1.93 bits per heavy atom. The van der Waals surface area contributed by atoms with Crippen molar-refractivity contribution in [3.8, 4) is 0 Å². The molecule has 222 valence electrons. The minimum absolute atomic E-state index is 0.0428. The maximum atomic E-state index is 14.5. The van der Waals surface area contributed by atoms with Gasteiger partial charge < -0.3 is 4.42 Å². The van der Waals surface area contributed by atoms with E-state index in [4.69, 9.17) is 9.41 Å². The third kappa shape index (κ3) is 5.28. The van der Waals surface area contributed by atoms with Crippen molar-refractivity contribution < 1.29 is 12.8 Å². The number of hydrogen-bond donors (Lipinski definition) is 0. The quantitative estimate of drug-likeness (QED) is 0.141. The van der Waals surface area contributed by atoms with E-state index in [1.54, 1.807) is 12.1 Å². The van der Waals surface area contributed by atoms with Crippen LogP contribution in [0.5, 0.6) is 0 Å². The number of furan rings is 1. The first-order chi connectivity index (χ1) is 21.9. The molecule has 0 N–H and O–H groups in total. The van der Waals surface area contributed by atoms with Gasteiger partial charge in [-0.2, -0.15) is 0 Å². The van der Waals surface area contributed by atoms with Gasteiger partial charge in [0.2, 0.25) is 0 Å². The summed E-state index contributed by atoms with van der Waals surface area (Å²) in [5, 5.41) is 0.730. The second kappa shape index (κ2) is 11.7. The average Bonchev–Trinajstić information content (AvgIpc) is 3.39. The Bertz CT molecular complexity index is 2080. The van der Waals surface area contributed by atoms with Gasteiger partial charge in [0, 0.05) is 16.5 Å². The second-order valence-corrected chi connectivity index (χ2v) is 13.2. The van der Waals surface area contributed by atoms with Gasteiger partial charge in [0.1, 0.15) is 17.0 Å². The standard InChI is InChI=1S/C39H32N2O3S/c1-27-22-24-32(25-23-27)45(42,43)41-26-28(2)36(40-37(30-16-8-4-9-17-30)31-18-10-5-11-19-31)35(29-14-6-3-7-15-29)39-38(41)33-20-12-13-21-34(33)44-39/h3-25,35-36H,2,26H2,1H3/t35-,36?/m0/s1. The summed E-state index contributed by atoms with van der Waals surface area (Å²) < 4.78 is 37.2. The molecule has 7 rings (SSSR count). The van der Waals surface area contributed by atoms with Crippen LogP contribution in [-0.4, -0.2) is 26.7 Å². The van der Waals surface area contributed by atoms with E-state index in [9.17, 15) is 8.42 Å². The molecule has 6 aromatic rings. The van der Waals surface area contributed by atoms with Crippen LogP contribution in [0, 0.1) is 6.92 Å². The molecular weight excluding hydrogens is 577 g/mol. The van der Waals surface area contributed by atoms with Crippen molar-refractivity contribution in [3.05, 3.63) is 180 Å². The fourth-order valence-electron chi connectivity index (χ4n) is 6.10. The molecule has 0 fully saturated rings. The van der Waals surface area contributed by atoms with Gasteiger partial charge in [-0.1, -0.05) is 127 Å². The van der Waals surface area contributed by atoms with Crippen LogP contribution in [-0.2, 0) is 10.0 Å². The lowest BCUT2D eigenvalue weighted by molar-refractivity contribution is 0.499. The van der Waals surface area contributed by atoms with E-state index >= 15 is 0 Å². The Balaban J connectivity index is 1.51. The Kier molecular flexibility index (Phi) is 7.43. The number of anilines is 1. The number of aliphatic imine (C=N–C) groups is 1. The lowest BCUT2D eigenvalue weighted by Crippen LogP contribution is -2.33. The van der Waals surface area contributed by atoms with Gasteiger partial charge in [-0.05, 0) is 42.3 Å². The van der Waals surface area contributed by atoms with E-state index in [1.165, 1.54) is 4.31 Å². The number of benzene rings is 5. The highest BCUT2D eigenvalue weighted by Crippen LogP contribution is 2.48. The third-order valence-corrected chi connectivity index (χ3v) is 10.1. The topological polar surface area (TPSA) is 62.9 Å². The fraction of sp³-hybridized carbons (Fsp3) is 0.103.